The van der Waals surface area contributed by atoms with E-state index >= 15 is 0 Å². The number of likely N-dealkylation sites (N-methyl/N-ethyl adjacent to an activating group) is 1. The highest BCUT2D eigenvalue weighted by atomic mass is 35.5. The van der Waals surface area contributed by atoms with Crippen LogP contribution in [0.3, 0.4) is 0 Å². The maximum absolute atomic E-state index is 11.1. The Kier molecular flexibility index (Phi) is 11.2. The predicted molar refractivity (Wildman–Crippen MR) is 165 cm³/mol. The first kappa shape index (κ1) is 31.0. The first-order valence-electron chi connectivity index (χ1n) is 14.0. The van der Waals surface area contributed by atoms with Crippen molar-refractivity contribution in [2.75, 3.05) is 45.8 Å². The fraction of sp³-hybridized carbons (Fsp3) is 0.467. The number of likely N-dealkylation sites (tertiary alicyclic amines) is 1. The van der Waals surface area contributed by atoms with Gasteiger partial charge in [-0.3, -0.25) is 9.69 Å². The molecule has 0 amide bonds. The average Bonchev–Trinajstić information content (AvgIpc) is 2.94. The standard InChI is InChI=1S/C30H38Cl2N6O3/c1-4-36-9-11-38(12-10-36)30(33-3)34-19-21(2)41-28-14-23(20-37-7-5-22(6-8-37)15-29(39)40)13-27(35-28)24-16-25(31)18-26(32)17-24/h13-14,16-19,22H,3-12,15,20H2,1-2H3,(H,39,40)/b21-19+,34-30?. The molecule has 0 aliphatic carbocycles. The van der Waals surface area contributed by atoms with E-state index in [1.807, 2.05) is 31.2 Å². The molecule has 9 nitrogen and oxygen atoms in total. The Balaban J connectivity index is 1.53. The summed E-state index contributed by atoms with van der Waals surface area (Å²) in [5.41, 5.74) is 2.51. The molecule has 11 heteroatoms. The number of carbonyl (C=O) groups is 1. The number of aromatic nitrogens is 1. The van der Waals surface area contributed by atoms with Crippen molar-refractivity contribution in [2.45, 2.75) is 39.7 Å². The van der Waals surface area contributed by atoms with Crippen molar-refractivity contribution in [3.8, 4) is 17.1 Å². The molecule has 0 radical (unpaired) electrons. The van der Waals surface area contributed by atoms with Crippen LogP contribution in [0, 0.1) is 5.92 Å². The van der Waals surface area contributed by atoms with E-state index in [1.54, 1.807) is 12.3 Å². The first-order chi connectivity index (χ1) is 19.7. The molecule has 0 atom stereocenters. The molecule has 0 saturated carbocycles. The Hall–Kier alpha value is -2.98. The van der Waals surface area contributed by atoms with Gasteiger partial charge in [-0.05, 0) is 81.9 Å². The molecular formula is C30H38Cl2N6O3. The number of piperazine rings is 1. The van der Waals surface area contributed by atoms with Crippen molar-refractivity contribution in [2.24, 2.45) is 15.9 Å². The number of carboxylic acids is 1. The van der Waals surface area contributed by atoms with Crippen LogP contribution in [0.2, 0.25) is 10.0 Å². The van der Waals surface area contributed by atoms with Crippen LogP contribution in [-0.2, 0) is 11.3 Å². The number of allylic oxidation sites excluding steroid dienone is 1. The molecule has 1 aromatic carbocycles. The van der Waals surface area contributed by atoms with Gasteiger partial charge in [-0.15, -0.1) is 0 Å². The molecule has 2 saturated heterocycles. The van der Waals surface area contributed by atoms with E-state index in [0.29, 0.717) is 39.9 Å². The summed E-state index contributed by atoms with van der Waals surface area (Å²) in [6.07, 6.45) is 3.61. The summed E-state index contributed by atoms with van der Waals surface area (Å²) >= 11 is 12.6. The van der Waals surface area contributed by atoms with Crippen molar-refractivity contribution < 1.29 is 14.6 Å². The normalized spacial score (nSPS) is 18.0. The van der Waals surface area contributed by atoms with Gasteiger partial charge in [0.1, 0.15) is 5.76 Å². The van der Waals surface area contributed by atoms with Gasteiger partial charge in [-0.1, -0.05) is 30.1 Å². The molecule has 0 bridgehead atoms. The summed E-state index contributed by atoms with van der Waals surface area (Å²) in [5, 5.41) is 10.2. The van der Waals surface area contributed by atoms with Gasteiger partial charge < -0.3 is 19.6 Å². The minimum atomic E-state index is -0.730. The number of aliphatic imine (C=N–C) groups is 2. The van der Waals surface area contributed by atoms with Crippen LogP contribution < -0.4 is 4.74 Å². The van der Waals surface area contributed by atoms with Gasteiger partial charge >= 0.3 is 5.97 Å². The molecule has 3 heterocycles. The van der Waals surface area contributed by atoms with E-state index in [2.05, 4.69) is 38.3 Å². The van der Waals surface area contributed by atoms with Crippen molar-refractivity contribution in [1.82, 2.24) is 19.7 Å². The zero-order valence-corrected chi connectivity index (χ0v) is 25.2. The number of nitrogens with zero attached hydrogens (tertiary/aromatic N) is 6. The summed E-state index contributed by atoms with van der Waals surface area (Å²) in [5.74, 6) is 1.07. The van der Waals surface area contributed by atoms with Crippen LogP contribution >= 0.6 is 23.2 Å². The van der Waals surface area contributed by atoms with Gasteiger partial charge in [0.15, 0.2) is 0 Å². The number of rotatable bonds is 9. The lowest BCUT2D eigenvalue weighted by atomic mass is 9.93. The van der Waals surface area contributed by atoms with E-state index in [4.69, 9.17) is 38.0 Å². The summed E-state index contributed by atoms with van der Waals surface area (Å²) in [7, 11) is 0. The third-order valence-corrected chi connectivity index (χ3v) is 7.90. The lowest BCUT2D eigenvalue weighted by molar-refractivity contribution is -0.138. The van der Waals surface area contributed by atoms with Gasteiger partial charge in [0.05, 0.1) is 11.9 Å². The SMILES string of the molecule is C=NC(=N/C=C(\C)Oc1cc(CN2CCC(CC(=O)O)CC2)cc(-c2cc(Cl)cc(Cl)c2)n1)N1CCN(CC)CC1. The number of hydrogen-bond donors (Lipinski definition) is 1. The highest BCUT2D eigenvalue weighted by molar-refractivity contribution is 6.35. The zero-order chi connectivity index (χ0) is 29.4. The topological polar surface area (TPSA) is 93.9 Å². The molecule has 41 heavy (non-hydrogen) atoms. The Morgan fingerprint density at radius 2 is 1.76 bits per heavy atom. The van der Waals surface area contributed by atoms with E-state index in [1.165, 1.54) is 0 Å². The summed E-state index contributed by atoms with van der Waals surface area (Å²) in [4.78, 5) is 31.4. The molecule has 2 aliphatic rings. The first-order valence-corrected chi connectivity index (χ1v) is 14.8. The lowest BCUT2D eigenvalue weighted by Gasteiger charge is -2.34. The van der Waals surface area contributed by atoms with Gasteiger partial charge in [0, 0.05) is 60.8 Å². The fourth-order valence-electron chi connectivity index (χ4n) is 5.23. The summed E-state index contributed by atoms with van der Waals surface area (Å²) in [6, 6.07) is 9.29. The quantitative estimate of drug-likeness (QED) is 0.225. The lowest BCUT2D eigenvalue weighted by Crippen LogP contribution is -2.48. The number of carboxylic acid groups (broad SMARTS) is 1. The number of aliphatic carboxylic acids is 1. The minimum Gasteiger partial charge on any atom is -0.481 e. The molecule has 2 aromatic rings. The molecule has 4 rings (SSSR count). The van der Waals surface area contributed by atoms with Crippen LogP contribution in [0.25, 0.3) is 11.3 Å². The van der Waals surface area contributed by atoms with Crippen molar-refractivity contribution in [3.63, 3.8) is 0 Å². The summed E-state index contributed by atoms with van der Waals surface area (Å²) in [6.45, 7) is 14.7. The maximum atomic E-state index is 11.1. The third-order valence-electron chi connectivity index (χ3n) is 7.47. The average molecular weight is 602 g/mol. The Bertz CT molecular complexity index is 1260. The monoisotopic (exact) mass is 600 g/mol. The number of piperidine rings is 1. The molecule has 1 aromatic heterocycles. The Labute approximate surface area is 252 Å². The minimum absolute atomic E-state index is 0.225. The van der Waals surface area contributed by atoms with Crippen molar-refractivity contribution in [3.05, 3.63) is 57.9 Å². The zero-order valence-electron chi connectivity index (χ0n) is 23.7. The maximum Gasteiger partial charge on any atom is 0.303 e. The van der Waals surface area contributed by atoms with Crippen LogP contribution in [-0.4, -0.2) is 89.2 Å². The van der Waals surface area contributed by atoms with Crippen molar-refractivity contribution in [1.29, 1.82) is 0 Å². The van der Waals surface area contributed by atoms with Gasteiger partial charge in [0.2, 0.25) is 11.8 Å². The molecular weight excluding hydrogens is 563 g/mol. The number of hydrogen-bond acceptors (Lipinski definition) is 6. The van der Waals surface area contributed by atoms with Crippen molar-refractivity contribution >= 4 is 41.8 Å². The van der Waals surface area contributed by atoms with Gasteiger partial charge in [-0.2, -0.15) is 0 Å². The second kappa shape index (κ2) is 14.8. The van der Waals surface area contributed by atoms with Crippen LogP contribution in [0.1, 0.15) is 38.7 Å². The van der Waals surface area contributed by atoms with Crippen LogP contribution in [0.15, 0.2) is 52.3 Å². The second-order valence-corrected chi connectivity index (χ2v) is 11.4. The van der Waals surface area contributed by atoms with Gasteiger partial charge in [-0.25, -0.2) is 15.0 Å². The van der Waals surface area contributed by atoms with E-state index < -0.39 is 5.97 Å². The number of guanidine groups is 1. The Morgan fingerprint density at radius 1 is 1.07 bits per heavy atom. The fourth-order valence-corrected chi connectivity index (χ4v) is 5.76. The van der Waals surface area contributed by atoms with E-state index in [-0.39, 0.29) is 12.3 Å². The number of pyridine rings is 1. The molecule has 0 unspecified atom stereocenters. The van der Waals surface area contributed by atoms with E-state index in [9.17, 15) is 4.79 Å². The molecule has 0 spiro atoms. The van der Waals surface area contributed by atoms with E-state index in [0.717, 1.165) is 69.8 Å². The Morgan fingerprint density at radius 3 is 2.37 bits per heavy atom. The largest absolute Gasteiger partial charge is 0.481 e. The molecule has 220 valence electrons. The predicted octanol–water partition coefficient (Wildman–Crippen LogP) is 5.68. The smallest absolute Gasteiger partial charge is 0.303 e. The number of ether oxygens (including phenoxy) is 1. The van der Waals surface area contributed by atoms with Crippen LogP contribution in [0.5, 0.6) is 5.88 Å². The highest BCUT2D eigenvalue weighted by Crippen LogP contribution is 2.30. The molecule has 1 N–H and O–H groups in total. The van der Waals surface area contributed by atoms with Gasteiger partial charge in [0.25, 0.3) is 0 Å². The second-order valence-electron chi connectivity index (χ2n) is 10.5. The number of benzene rings is 1. The van der Waals surface area contributed by atoms with Crippen LogP contribution in [0.4, 0.5) is 0 Å². The number of halogens is 2. The molecule has 2 aliphatic heterocycles. The highest BCUT2D eigenvalue weighted by Gasteiger charge is 2.22. The molecule has 2 fully saturated rings. The summed E-state index contributed by atoms with van der Waals surface area (Å²) < 4.78 is 6.15. The third kappa shape index (κ3) is 9.26.